The van der Waals surface area contributed by atoms with E-state index in [1.165, 1.54) is 0 Å². The average molecular weight is 276 g/mol. The Bertz CT molecular complexity index is 581. The van der Waals surface area contributed by atoms with E-state index in [1.807, 2.05) is 13.8 Å². The molecule has 4 heteroatoms. The number of benzene rings is 1. The highest BCUT2D eigenvalue weighted by atomic mass is 35.5. The zero-order chi connectivity index (χ0) is 14.2. The minimum absolute atomic E-state index is 0.102. The highest BCUT2D eigenvalue weighted by Gasteiger charge is 2.61. The van der Waals surface area contributed by atoms with Gasteiger partial charge in [-0.2, -0.15) is 5.26 Å². The van der Waals surface area contributed by atoms with Gasteiger partial charge >= 0.3 is 5.97 Å². The first kappa shape index (κ1) is 13.6. The predicted molar refractivity (Wildman–Crippen MR) is 73.4 cm³/mol. The molecule has 0 heterocycles. The number of carboxylic acid groups (broad SMARTS) is 1. The standard InChI is InChI=1S/C15H14ClNO2/c1-15(2)12(13(15)14(18)19)7-10(8-17)9-3-5-11(16)6-4-9/h3-7,12-13H,1-2H3,(H,18,19)/t12-,13+/m0/s1. The van der Waals surface area contributed by atoms with Gasteiger partial charge in [-0.1, -0.05) is 43.7 Å². The Labute approximate surface area is 117 Å². The van der Waals surface area contributed by atoms with Gasteiger partial charge in [0.25, 0.3) is 0 Å². The second-order valence-electron chi connectivity index (χ2n) is 5.36. The van der Waals surface area contributed by atoms with Crippen molar-refractivity contribution >= 4 is 23.1 Å². The molecule has 0 amide bonds. The smallest absolute Gasteiger partial charge is 0.307 e. The average Bonchev–Trinajstić information content (AvgIpc) is 2.89. The molecule has 0 aliphatic heterocycles. The Kier molecular flexibility index (Phi) is 3.38. The number of hydrogen-bond acceptors (Lipinski definition) is 2. The molecule has 1 aliphatic carbocycles. The van der Waals surface area contributed by atoms with E-state index in [2.05, 4.69) is 6.07 Å². The summed E-state index contributed by atoms with van der Waals surface area (Å²) in [7, 11) is 0. The highest BCUT2D eigenvalue weighted by Crippen LogP contribution is 2.59. The molecule has 1 fully saturated rings. The summed E-state index contributed by atoms with van der Waals surface area (Å²) in [6.07, 6.45) is 1.77. The van der Waals surface area contributed by atoms with E-state index in [1.54, 1.807) is 30.3 Å². The summed E-state index contributed by atoms with van der Waals surface area (Å²) >= 11 is 5.81. The zero-order valence-corrected chi connectivity index (χ0v) is 11.5. The van der Waals surface area contributed by atoms with Gasteiger partial charge in [0.2, 0.25) is 0 Å². The minimum Gasteiger partial charge on any atom is -0.481 e. The molecule has 2 rings (SSSR count). The third-order valence-corrected chi connectivity index (χ3v) is 4.05. The van der Waals surface area contributed by atoms with Gasteiger partial charge in [0, 0.05) is 5.02 Å². The maximum Gasteiger partial charge on any atom is 0.307 e. The monoisotopic (exact) mass is 275 g/mol. The molecule has 0 saturated heterocycles. The van der Waals surface area contributed by atoms with Crippen LogP contribution in [-0.4, -0.2) is 11.1 Å². The zero-order valence-electron chi connectivity index (χ0n) is 10.7. The van der Waals surface area contributed by atoms with E-state index >= 15 is 0 Å². The molecule has 1 aromatic carbocycles. The van der Waals surface area contributed by atoms with Crippen molar-refractivity contribution in [3.05, 3.63) is 40.9 Å². The van der Waals surface area contributed by atoms with E-state index in [0.717, 1.165) is 5.56 Å². The third kappa shape index (κ3) is 2.50. The third-order valence-electron chi connectivity index (χ3n) is 3.80. The molecule has 2 atom stereocenters. The molecule has 1 saturated carbocycles. The molecule has 0 bridgehead atoms. The van der Waals surface area contributed by atoms with Crippen molar-refractivity contribution in [1.82, 2.24) is 0 Å². The van der Waals surface area contributed by atoms with Gasteiger partial charge in [0.15, 0.2) is 0 Å². The molecule has 1 aromatic rings. The molecule has 98 valence electrons. The summed E-state index contributed by atoms with van der Waals surface area (Å²) in [5.74, 6) is -1.32. The largest absolute Gasteiger partial charge is 0.481 e. The molecular formula is C15H14ClNO2. The number of carboxylic acids is 1. The Balaban J connectivity index is 2.29. The lowest BCUT2D eigenvalue weighted by Gasteiger charge is -2.01. The van der Waals surface area contributed by atoms with Crippen LogP contribution >= 0.6 is 11.6 Å². The first-order chi connectivity index (χ1) is 8.87. The maximum absolute atomic E-state index is 11.1. The molecule has 0 spiro atoms. The molecule has 0 unspecified atom stereocenters. The fourth-order valence-electron chi connectivity index (χ4n) is 2.47. The second kappa shape index (κ2) is 4.71. The van der Waals surface area contributed by atoms with Crippen LogP contribution in [-0.2, 0) is 4.79 Å². The number of nitrogens with zero attached hydrogens (tertiary/aromatic N) is 1. The van der Waals surface area contributed by atoms with E-state index in [0.29, 0.717) is 10.6 Å². The van der Waals surface area contributed by atoms with Crippen LogP contribution in [0, 0.1) is 28.6 Å². The number of hydrogen-bond donors (Lipinski definition) is 1. The summed E-state index contributed by atoms with van der Waals surface area (Å²) in [6.45, 7) is 3.81. The number of aliphatic carboxylic acids is 1. The Morgan fingerprint density at radius 2 is 2.00 bits per heavy atom. The number of rotatable bonds is 3. The van der Waals surface area contributed by atoms with Crippen molar-refractivity contribution in [2.24, 2.45) is 17.3 Å². The first-order valence-corrected chi connectivity index (χ1v) is 6.36. The fraction of sp³-hybridized carbons (Fsp3) is 0.333. The Hall–Kier alpha value is -1.79. The predicted octanol–water partition coefficient (Wildman–Crippen LogP) is 3.60. The van der Waals surface area contributed by atoms with Crippen LogP contribution in [0.2, 0.25) is 5.02 Å². The quantitative estimate of drug-likeness (QED) is 0.857. The summed E-state index contributed by atoms with van der Waals surface area (Å²) in [4.78, 5) is 11.1. The van der Waals surface area contributed by atoms with Crippen LogP contribution in [0.15, 0.2) is 30.3 Å². The van der Waals surface area contributed by atoms with Crippen LogP contribution in [0.1, 0.15) is 19.4 Å². The van der Waals surface area contributed by atoms with Gasteiger partial charge in [0.05, 0.1) is 17.6 Å². The number of allylic oxidation sites excluding steroid dienone is 2. The van der Waals surface area contributed by atoms with Gasteiger partial charge in [-0.25, -0.2) is 0 Å². The van der Waals surface area contributed by atoms with E-state index in [9.17, 15) is 10.1 Å². The lowest BCUT2D eigenvalue weighted by molar-refractivity contribution is -0.139. The molecular weight excluding hydrogens is 262 g/mol. The summed E-state index contributed by atoms with van der Waals surface area (Å²) in [5, 5.41) is 19.0. The summed E-state index contributed by atoms with van der Waals surface area (Å²) in [6, 6.07) is 9.10. The lowest BCUT2D eigenvalue weighted by atomic mass is 10.0. The van der Waals surface area contributed by atoms with Crippen LogP contribution in [0.4, 0.5) is 0 Å². The van der Waals surface area contributed by atoms with E-state index in [-0.39, 0.29) is 11.3 Å². The topological polar surface area (TPSA) is 61.1 Å². The number of carbonyl (C=O) groups is 1. The van der Waals surface area contributed by atoms with Crippen molar-refractivity contribution in [1.29, 1.82) is 5.26 Å². The molecule has 0 aromatic heterocycles. The Morgan fingerprint density at radius 1 is 1.42 bits per heavy atom. The lowest BCUT2D eigenvalue weighted by Crippen LogP contribution is -2.03. The first-order valence-electron chi connectivity index (χ1n) is 5.98. The molecule has 3 nitrogen and oxygen atoms in total. The maximum atomic E-state index is 11.1. The van der Waals surface area contributed by atoms with Gasteiger partial charge in [-0.15, -0.1) is 0 Å². The van der Waals surface area contributed by atoms with Crippen LogP contribution in [0.3, 0.4) is 0 Å². The van der Waals surface area contributed by atoms with Gasteiger partial charge in [0.1, 0.15) is 0 Å². The molecule has 0 radical (unpaired) electrons. The molecule has 1 aliphatic rings. The van der Waals surface area contributed by atoms with Gasteiger partial charge in [-0.3, -0.25) is 4.79 Å². The normalized spacial score (nSPS) is 24.6. The van der Waals surface area contributed by atoms with Crippen molar-refractivity contribution in [2.45, 2.75) is 13.8 Å². The van der Waals surface area contributed by atoms with Crippen LogP contribution < -0.4 is 0 Å². The molecule has 1 N–H and O–H groups in total. The SMILES string of the molecule is CC1(C)[C@@H](C=C(C#N)c2ccc(Cl)cc2)[C@@H]1C(=O)O. The number of halogens is 1. The van der Waals surface area contributed by atoms with Crippen molar-refractivity contribution in [3.8, 4) is 6.07 Å². The second-order valence-corrected chi connectivity index (χ2v) is 5.80. The van der Waals surface area contributed by atoms with Gasteiger partial charge < -0.3 is 5.11 Å². The van der Waals surface area contributed by atoms with Gasteiger partial charge in [-0.05, 0) is 29.0 Å². The fourth-order valence-corrected chi connectivity index (χ4v) is 2.59. The molecule has 19 heavy (non-hydrogen) atoms. The highest BCUT2D eigenvalue weighted by molar-refractivity contribution is 6.30. The number of nitriles is 1. The Morgan fingerprint density at radius 3 is 2.42 bits per heavy atom. The van der Waals surface area contributed by atoms with Crippen molar-refractivity contribution < 1.29 is 9.90 Å². The van der Waals surface area contributed by atoms with E-state index in [4.69, 9.17) is 16.7 Å². The minimum atomic E-state index is -0.806. The van der Waals surface area contributed by atoms with Crippen molar-refractivity contribution in [3.63, 3.8) is 0 Å². The summed E-state index contributed by atoms with van der Waals surface area (Å²) in [5.41, 5.74) is 0.970. The van der Waals surface area contributed by atoms with Crippen LogP contribution in [0.25, 0.3) is 5.57 Å². The van der Waals surface area contributed by atoms with Crippen molar-refractivity contribution in [2.75, 3.05) is 0 Å². The van der Waals surface area contributed by atoms with Crippen LogP contribution in [0.5, 0.6) is 0 Å². The van der Waals surface area contributed by atoms with E-state index < -0.39 is 11.9 Å². The summed E-state index contributed by atoms with van der Waals surface area (Å²) < 4.78 is 0.